The van der Waals surface area contributed by atoms with E-state index in [0.29, 0.717) is 11.3 Å². The Morgan fingerprint density at radius 3 is 2.76 bits per heavy atom. The van der Waals surface area contributed by atoms with Crippen molar-refractivity contribution in [1.82, 2.24) is 0 Å². The van der Waals surface area contributed by atoms with Crippen LogP contribution in [0.1, 0.15) is 42.5 Å². The normalized spacial score (nSPS) is 25.0. The predicted octanol–water partition coefficient (Wildman–Crippen LogP) is 2.57. The smallest absolute Gasteiger partial charge is 0.153 e. The van der Waals surface area contributed by atoms with Crippen molar-refractivity contribution < 1.29 is 14.6 Å². The maximum absolute atomic E-state index is 10.9. The number of benzene rings is 1. The van der Waals surface area contributed by atoms with Gasteiger partial charge in [0.2, 0.25) is 0 Å². The van der Waals surface area contributed by atoms with Crippen molar-refractivity contribution in [2.24, 2.45) is 0 Å². The first kappa shape index (κ1) is 12.1. The summed E-state index contributed by atoms with van der Waals surface area (Å²) in [5, 5.41) is 9.96. The van der Waals surface area contributed by atoms with Gasteiger partial charge in [-0.25, -0.2) is 0 Å². The van der Waals surface area contributed by atoms with E-state index in [0.717, 1.165) is 38.4 Å². The van der Waals surface area contributed by atoms with Gasteiger partial charge in [0, 0.05) is 0 Å². The molecule has 92 valence electrons. The SMILES string of the molecule is O=Cc1ccccc1OC1CCCCCC1O. The lowest BCUT2D eigenvalue weighted by Gasteiger charge is -2.22. The number of hydrogen-bond donors (Lipinski definition) is 1. The zero-order chi connectivity index (χ0) is 12.1. The first-order valence-electron chi connectivity index (χ1n) is 6.20. The van der Waals surface area contributed by atoms with Crippen LogP contribution in [-0.4, -0.2) is 23.6 Å². The average Bonchev–Trinajstić information content (AvgIpc) is 2.56. The fraction of sp³-hybridized carbons (Fsp3) is 0.500. The third-order valence-electron chi connectivity index (χ3n) is 3.24. The number of rotatable bonds is 3. The molecular formula is C14H18O3. The lowest BCUT2D eigenvalue weighted by molar-refractivity contribution is 0.0315. The molecule has 0 spiro atoms. The first-order chi connectivity index (χ1) is 8.31. The minimum absolute atomic E-state index is 0.182. The predicted molar refractivity (Wildman–Crippen MR) is 65.3 cm³/mol. The van der Waals surface area contributed by atoms with Gasteiger partial charge in [-0.1, -0.05) is 25.0 Å². The molecule has 1 N–H and O–H groups in total. The zero-order valence-corrected chi connectivity index (χ0v) is 9.84. The summed E-state index contributed by atoms with van der Waals surface area (Å²) < 4.78 is 5.79. The summed E-state index contributed by atoms with van der Waals surface area (Å²) in [7, 11) is 0. The summed E-state index contributed by atoms with van der Waals surface area (Å²) in [6.45, 7) is 0. The summed E-state index contributed by atoms with van der Waals surface area (Å²) in [5.74, 6) is 0.577. The molecule has 3 heteroatoms. The molecule has 2 atom stereocenters. The topological polar surface area (TPSA) is 46.5 Å². The van der Waals surface area contributed by atoms with Gasteiger partial charge in [0.05, 0.1) is 11.7 Å². The minimum Gasteiger partial charge on any atom is -0.487 e. The van der Waals surface area contributed by atoms with Gasteiger partial charge in [-0.2, -0.15) is 0 Å². The molecule has 0 aliphatic heterocycles. The quantitative estimate of drug-likeness (QED) is 0.646. The van der Waals surface area contributed by atoms with E-state index in [-0.39, 0.29) is 6.10 Å². The highest BCUT2D eigenvalue weighted by molar-refractivity contribution is 5.79. The second-order valence-electron chi connectivity index (χ2n) is 4.52. The fourth-order valence-corrected chi connectivity index (χ4v) is 2.24. The van der Waals surface area contributed by atoms with Gasteiger partial charge in [0.1, 0.15) is 11.9 Å². The van der Waals surface area contributed by atoms with Crippen molar-refractivity contribution in [2.45, 2.75) is 44.3 Å². The molecule has 0 radical (unpaired) electrons. The molecular weight excluding hydrogens is 216 g/mol. The van der Waals surface area contributed by atoms with Crippen molar-refractivity contribution in [2.75, 3.05) is 0 Å². The highest BCUT2D eigenvalue weighted by atomic mass is 16.5. The molecule has 1 aromatic carbocycles. The summed E-state index contributed by atoms with van der Waals surface area (Å²) in [6, 6.07) is 7.15. The van der Waals surface area contributed by atoms with E-state index in [1.54, 1.807) is 18.2 Å². The van der Waals surface area contributed by atoms with Crippen LogP contribution in [0.25, 0.3) is 0 Å². The molecule has 0 saturated heterocycles. The van der Waals surface area contributed by atoms with Crippen molar-refractivity contribution in [3.8, 4) is 5.75 Å². The lowest BCUT2D eigenvalue weighted by Crippen LogP contribution is -2.30. The number of aldehydes is 1. The van der Waals surface area contributed by atoms with Gasteiger partial charge in [-0.15, -0.1) is 0 Å². The summed E-state index contributed by atoms with van der Waals surface area (Å²) in [5.41, 5.74) is 0.545. The molecule has 1 aliphatic rings. The van der Waals surface area contributed by atoms with Gasteiger partial charge >= 0.3 is 0 Å². The van der Waals surface area contributed by atoms with E-state index < -0.39 is 6.10 Å². The van der Waals surface area contributed by atoms with Gasteiger partial charge in [-0.05, 0) is 31.4 Å². The van der Waals surface area contributed by atoms with Crippen molar-refractivity contribution >= 4 is 6.29 Å². The Morgan fingerprint density at radius 1 is 1.18 bits per heavy atom. The molecule has 0 aromatic heterocycles. The maximum atomic E-state index is 10.9. The van der Waals surface area contributed by atoms with Crippen LogP contribution >= 0.6 is 0 Å². The number of hydrogen-bond acceptors (Lipinski definition) is 3. The van der Waals surface area contributed by atoms with Crippen LogP contribution in [0.3, 0.4) is 0 Å². The van der Waals surface area contributed by atoms with Gasteiger partial charge < -0.3 is 9.84 Å². The van der Waals surface area contributed by atoms with Crippen LogP contribution in [-0.2, 0) is 0 Å². The van der Waals surface area contributed by atoms with E-state index in [9.17, 15) is 9.90 Å². The molecule has 0 amide bonds. The third kappa shape index (κ3) is 3.07. The van der Waals surface area contributed by atoms with Crippen LogP contribution in [0.15, 0.2) is 24.3 Å². The molecule has 1 aliphatic carbocycles. The van der Waals surface area contributed by atoms with Crippen molar-refractivity contribution in [3.63, 3.8) is 0 Å². The van der Waals surface area contributed by atoms with Crippen LogP contribution < -0.4 is 4.74 Å². The molecule has 2 rings (SSSR count). The molecule has 1 saturated carbocycles. The van der Waals surface area contributed by atoms with E-state index in [1.807, 2.05) is 6.07 Å². The Hall–Kier alpha value is -1.35. The van der Waals surface area contributed by atoms with Gasteiger partial charge in [-0.3, -0.25) is 4.79 Å². The largest absolute Gasteiger partial charge is 0.487 e. The number of aliphatic hydroxyl groups is 1. The van der Waals surface area contributed by atoms with Crippen molar-refractivity contribution in [1.29, 1.82) is 0 Å². The Bertz CT molecular complexity index is 375. The van der Waals surface area contributed by atoms with Gasteiger partial charge in [0.25, 0.3) is 0 Å². The van der Waals surface area contributed by atoms with E-state index in [1.165, 1.54) is 0 Å². The molecule has 3 nitrogen and oxygen atoms in total. The number of ether oxygens (including phenoxy) is 1. The van der Waals surface area contributed by atoms with Gasteiger partial charge in [0.15, 0.2) is 6.29 Å². The van der Waals surface area contributed by atoms with Crippen LogP contribution in [0.2, 0.25) is 0 Å². The zero-order valence-electron chi connectivity index (χ0n) is 9.84. The molecule has 2 unspecified atom stereocenters. The molecule has 1 aromatic rings. The first-order valence-corrected chi connectivity index (χ1v) is 6.20. The highest BCUT2D eigenvalue weighted by Crippen LogP contribution is 2.25. The molecule has 0 heterocycles. The summed E-state index contributed by atoms with van der Waals surface area (Å²) >= 11 is 0. The Labute approximate surface area is 101 Å². The summed E-state index contributed by atoms with van der Waals surface area (Å²) in [4.78, 5) is 10.9. The number of aliphatic hydroxyl groups excluding tert-OH is 1. The van der Waals surface area contributed by atoms with Crippen molar-refractivity contribution in [3.05, 3.63) is 29.8 Å². The standard InChI is InChI=1S/C14H18O3/c15-10-11-6-4-5-8-13(11)17-14-9-3-1-2-7-12(14)16/h4-6,8,10,12,14,16H,1-3,7,9H2. The monoisotopic (exact) mass is 234 g/mol. The van der Waals surface area contributed by atoms with Crippen LogP contribution in [0.5, 0.6) is 5.75 Å². The molecule has 1 fully saturated rings. The number of para-hydroxylation sites is 1. The minimum atomic E-state index is -0.419. The second kappa shape index (κ2) is 5.82. The average molecular weight is 234 g/mol. The fourth-order valence-electron chi connectivity index (χ4n) is 2.24. The van der Waals surface area contributed by atoms with E-state index in [4.69, 9.17) is 4.74 Å². The van der Waals surface area contributed by atoms with E-state index >= 15 is 0 Å². The number of carbonyl (C=O) groups is 1. The number of carbonyl (C=O) groups excluding carboxylic acids is 1. The highest BCUT2D eigenvalue weighted by Gasteiger charge is 2.23. The lowest BCUT2D eigenvalue weighted by atomic mass is 10.1. The molecule has 17 heavy (non-hydrogen) atoms. The van der Waals surface area contributed by atoms with E-state index in [2.05, 4.69) is 0 Å². The molecule has 0 bridgehead atoms. The Balaban J connectivity index is 2.10. The van der Waals surface area contributed by atoms with Crippen LogP contribution in [0.4, 0.5) is 0 Å². The second-order valence-corrected chi connectivity index (χ2v) is 4.52. The van der Waals surface area contributed by atoms with Crippen LogP contribution in [0, 0.1) is 0 Å². The summed E-state index contributed by atoms with van der Waals surface area (Å²) in [6.07, 6.45) is 5.10. The maximum Gasteiger partial charge on any atom is 0.153 e. The Kier molecular flexibility index (Phi) is 4.15. The Morgan fingerprint density at radius 2 is 1.94 bits per heavy atom. The third-order valence-corrected chi connectivity index (χ3v) is 3.24.